The van der Waals surface area contributed by atoms with Crippen molar-refractivity contribution in [1.82, 2.24) is 5.32 Å². The minimum atomic E-state index is -1.84. The lowest BCUT2D eigenvalue weighted by Gasteiger charge is -2.43. The maximum Gasteiger partial charge on any atom is 0.407 e. The van der Waals surface area contributed by atoms with Crippen LogP contribution in [0.1, 0.15) is 64.7 Å². The van der Waals surface area contributed by atoms with Crippen molar-refractivity contribution in [3.8, 4) is 5.75 Å². The van der Waals surface area contributed by atoms with Gasteiger partial charge in [-0.15, -0.1) is 0 Å². The summed E-state index contributed by atoms with van der Waals surface area (Å²) in [5.41, 5.74) is 0.402. The van der Waals surface area contributed by atoms with Gasteiger partial charge in [0.25, 0.3) is 0 Å². The molecule has 0 radical (unpaired) electrons. The number of benzene rings is 3. The monoisotopic (exact) mass is 633 g/mol. The lowest BCUT2D eigenvalue weighted by Crippen LogP contribution is -2.54. The quantitative estimate of drug-likeness (QED) is 0.176. The number of aliphatic carboxylic acids is 1. The Balaban J connectivity index is 1.95. The van der Waals surface area contributed by atoms with Crippen LogP contribution in [-0.4, -0.2) is 43.5 Å². The Morgan fingerprint density at radius 2 is 1.36 bits per heavy atom. The van der Waals surface area contributed by atoms with E-state index in [0.717, 1.165) is 16.7 Å². The number of hydrogen-bond donors (Lipinski definition) is 2. The molecule has 45 heavy (non-hydrogen) atoms. The van der Waals surface area contributed by atoms with Gasteiger partial charge < -0.3 is 24.3 Å². The first kappa shape index (κ1) is 35.9. The largest absolute Gasteiger partial charge is 0.489 e. The van der Waals surface area contributed by atoms with Gasteiger partial charge in [-0.3, -0.25) is 0 Å². The average Bonchev–Trinajstić information content (AvgIpc) is 2.94. The highest BCUT2D eigenvalue weighted by atomic mass is 28.3. The second kappa shape index (κ2) is 15.6. The predicted molar refractivity (Wildman–Crippen MR) is 182 cm³/mol. The minimum absolute atomic E-state index is 0.184. The Hall–Kier alpha value is -3.62. The number of carbonyl (C=O) groups excluding carboxylic acids is 1. The minimum Gasteiger partial charge on any atom is -0.489 e. The van der Waals surface area contributed by atoms with Crippen molar-refractivity contribution >= 4 is 21.1 Å². The molecule has 3 rings (SSSR count). The lowest BCUT2D eigenvalue weighted by molar-refractivity contribution is -0.158. The summed E-state index contributed by atoms with van der Waals surface area (Å²) < 4.78 is 18.1. The molecular formula is C37H51NO6Si. The second-order valence-electron chi connectivity index (χ2n) is 14.2. The molecule has 0 saturated heterocycles. The number of nitrogens with one attached hydrogen (secondary N) is 1. The molecule has 3 aromatic rings. The van der Waals surface area contributed by atoms with Crippen LogP contribution in [0.3, 0.4) is 0 Å². The summed E-state index contributed by atoms with van der Waals surface area (Å²) >= 11 is 0. The Bertz CT molecular complexity index is 1350. The van der Waals surface area contributed by atoms with Crippen molar-refractivity contribution in [3.63, 3.8) is 0 Å². The first-order valence-electron chi connectivity index (χ1n) is 15.8. The molecule has 3 aromatic carbocycles. The Morgan fingerprint density at radius 1 is 0.800 bits per heavy atom. The Labute approximate surface area is 271 Å². The molecule has 0 unspecified atom stereocenters. The average molecular weight is 634 g/mol. The normalized spacial score (nSPS) is 14.7. The molecule has 244 valence electrons. The maximum absolute atomic E-state index is 13.3. The molecule has 1 amide bonds. The van der Waals surface area contributed by atoms with Crippen LogP contribution in [0, 0.1) is 11.3 Å². The smallest absolute Gasteiger partial charge is 0.407 e. The van der Waals surface area contributed by atoms with Gasteiger partial charge in [0.15, 0.2) is 14.6 Å². The summed E-state index contributed by atoms with van der Waals surface area (Å²) in [7, 11) is -1.84. The Morgan fingerprint density at radius 3 is 1.84 bits per heavy atom. The first-order chi connectivity index (χ1) is 21.1. The fourth-order valence-electron chi connectivity index (χ4n) is 5.63. The number of carbonyl (C=O) groups is 2. The van der Waals surface area contributed by atoms with E-state index in [4.69, 9.17) is 13.9 Å². The summed E-state index contributed by atoms with van der Waals surface area (Å²) in [6.07, 6.45) is 0.383. The van der Waals surface area contributed by atoms with E-state index in [1.165, 1.54) is 0 Å². The van der Waals surface area contributed by atoms with Crippen molar-refractivity contribution in [2.45, 2.75) is 97.7 Å². The number of hydrogen-bond acceptors (Lipinski definition) is 5. The van der Waals surface area contributed by atoms with Gasteiger partial charge in [-0.1, -0.05) is 93.6 Å². The summed E-state index contributed by atoms with van der Waals surface area (Å²) in [5.74, 6) is -0.569. The topological polar surface area (TPSA) is 94.1 Å². The van der Waals surface area contributed by atoms with Crippen LogP contribution in [0.25, 0.3) is 0 Å². The number of ether oxygens (including phenoxy) is 2. The van der Waals surface area contributed by atoms with Gasteiger partial charge in [0.05, 0.1) is 0 Å². The number of alkyl carbamates (subject to hydrolysis) is 1. The summed E-state index contributed by atoms with van der Waals surface area (Å²) in [6.45, 7) is 16.2. The molecule has 7 nitrogen and oxygen atoms in total. The van der Waals surface area contributed by atoms with Crippen LogP contribution in [0.2, 0.25) is 13.1 Å². The van der Waals surface area contributed by atoms with Crippen molar-refractivity contribution in [3.05, 3.63) is 102 Å². The van der Waals surface area contributed by atoms with E-state index in [9.17, 15) is 14.7 Å². The highest BCUT2D eigenvalue weighted by Gasteiger charge is 2.47. The van der Waals surface area contributed by atoms with Gasteiger partial charge in [-0.2, -0.15) is 0 Å². The van der Waals surface area contributed by atoms with E-state index in [1.54, 1.807) is 0 Å². The SMILES string of the molecule is C[SiH](C)O[C@@](Cc1ccc(OCc2ccccc2)cc1)(C[C@H]([C@@H](Cc1ccccc1)NC(=O)OC(C)(C)C)C(C)(C)C)C(=O)O. The summed E-state index contributed by atoms with van der Waals surface area (Å²) in [6, 6.07) is 27.0. The van der Waals surface area contributed by atoms with Crippen molar-refractivity contribution in [2.75, 3.05) is 0 Å². The molecular weight excluding hydrogens is 582 g/mol. The van der Waals surface area contributed by atoms with Gasteiger partial charge in [0.2, 0.25) is 0 Å². The molecule has 0 aromatic heterocycles. The fraction of sp³-hybridized carbons (Fsp3) is 0.459. The van der Waals surface area contributed by atoms with Crippen LogP contribution in [0.4, 0.5) is 4.79 Å². The van der Waals surface area contributed by atoms with E-state index in [2.05, 4.69) is 26.1 Å². The molecule has 0 heterocycles. The zero-order valence-corrected chi connectivity index (χ0v) is 29.3. The van der Waals surface area contributed by atoms with Gasteiger partial charge in [0.1, 0.15) is 18.0 Å². The molecule has 0 fully saturated rings. The third-order valence-corrected chi connectivity index (χ3v) is 8.58. The summed E-state index contributed by atoms with van der Waals surface area (Å²) in [5, 5.41) is 14.0. The van der Waals surface area contributed by atoms with E-state index in [-0.39, 0.29) is 24.2 Å². The number of carboxylic acids is 1. The third-order valence-electron chi connectivity index (χ3n) is 7.66. The van der Waals surface area contributed by atoms with Crippen molar-refractivity contribution in [2.24, 2.45) is 11.3 Å². The number of amides is 1. The van der Waals surface area contributed by atoms with Crippen LogP contribution in [0.5, 0.6) is 5.75 Å². The molecule has 0 aliphatic carbocycles. The molecule has 2 N–H and O–H groups in total. The molecule has 0 saturated carbocycles. The maximum atomic E-state index is 13.3. The van der Waals surface area contributed by atoms with Crippen molar-refractivity contribution in [1.29, 1.82) is 0 Å². The van der Waals surface area contributed by atoms with Gasteiger partial charge in [-0.25, -0.2) is 9.59 Å². The first-order valence-corrected chi connectivity index (χ1v) is 18.5. The zero-order chi connectivity index (χ0) is 33.3. The highest BCUT2D eigenvalue weighted by molar-refractivity contribution is 6.48. The van der Waals surface area contributed by atoms with E-state index < -0.39 is 38.3 Å². The second-order valence-corrected chi connectivity index (χ2v) is 16.5. The molecule has 0 spiro atoms. The van der Waals surface area contributed by atoms with Gasteiger partial charge in [0, 0.05) is 12.5 Å². The third kappa shape index (κ3) is 11.7. The predicted octanol–water partition coefficient (Wildman–Crippen LogP) is 7.82. The van der Waals surface area contributed by atoms with Crippen molar-refractivity contribution < 1.29 is 28.6 Å². The lowest BCUT2D eigenvalue weighted by atomic mass is 9.68. The number of rotatable bonds is 14. The number of carboxylic acid groups (broad SMARTS) is 1. The van der Waals surface area contributed by atoms with Crippen LogP contribution >= 0.6 is 0 Å². The molecule has 0 bridgehead atoms. The van der Waals surface area contributed by atoms with Crippen LogP contribution in [0.15, 0.2) is 84.9 Å². The highest BCUT2D eigenvalue weighted by Crippen LogP contribution is 2.40. The van der Waals surface area contributed by atoms with Gasteiger partial charge in [-0.05, 0) is 86.9 Å². The van der Waals surface area contributed by atoms with Gasteiger partial charge >= 0.3 is 12.1 Å². The standard InChI is InChI=1S/C37H51NO6Si/c1-35(2,3)31(32(23-27-15-11-9-12-16-27)38-34(41)43-36(4,5)6)25-37(33(39)40,44-45(7)8)24-28-19-21-30(22-20-28)42-26-29-17-13-10-14-18-29/h9-22,31-32,45H,23-26H2,1-8H3,(H,38,41)(H,39,40)/t31-,32-,37+/m1/s1. The summed E-state index contributed by atoms with van der Waals surface area (Å²) in [4.78, 5) is 26.5. The molecule has 3 atom stereocenters. The van der Waals surface area contributed by atoms with E-state index in [0.29, 0.717) is 18.8 Å². The fourth-order valence-corrected chi connectivity index (χ4v) is 6.81. The molecule has 0 aliphatic heterocycles. The molecule has 0 aliphatic rings. The van der Waals surface area contributed by atoms with Crippen LogP contribution in [-0.2, 0) is 33.4 Å². The van der Waals surface area contributed by atoms with E-state index in [1.807, 2.05) is 119 Å². The van der Waals surface area contributed by atoms with E-state index >= 15 is 0 Å². The zero-order valence-electron chi connectivity index (χ0n) is 28.1. The molecule has 8 heteroatoms. The Kier molecular flexibility index (Phi) is 12.4. The van der Waals surface area contributed by atoms with Crippen LogP contribution < -0.4 is 10.1 Å².